The quantitative estimate of drug-likeness (QED) is 0.783. The van der Waals surface area contributed by atoms with Crippen LogP contribution in [-0.4, -0.2) is 41.8 Å². The monoisotopic (exact) mass is 279 g/mol. The topological polar surface area (TPSA) is 106 Å². The SMILES string of the molecule is NC(=O)C1CCCN1C(=O)CCNC(=O)c1ccco1. The van der Waals surface area contributed by atoms with Crippen LogP contribution >= 0.6 is 0 Å². The number of carbonyl (C=O) groups is 3. The van der Waals surface area contributed by atoms with Crippen molar-refractivity contribution in [2.75, 3.05) is 13.1 Å². The van der Waals surface area contributed by atoms with Gasteiger partial charge in [0.05, 0.1) is 6.26 Å². The molecule has 1 aromatic rings. The molecule has 1 fully saturated rings. The molecule has 7 heteroatoms. The van der Waals surface area contributed by atoms with E-state index in [9.17, 15) is 14.4 Å². The molecule has 20 heavy (non-hydrogen) atoms. The number of hydrogen-bond donors (Lipinski definition) is 2. The van der Waals surface area contributed by atoms with Gasteiger partial charge in [0.15, 0.2) is 5.76 Å². The standard InChI is InChI=1S/C13H17N3O4/c14-12(18)9-3-1-7-16(9)11(17)5-6-15-13(19)10-4-2-8-20-10/h2,4,8-9H,1,3,5-7H2,(H2,14,18)(H,15,19). The Labute approximate surface area is 116 Å². The third kappa shape index (κ3) is 3.17. The molecular weight excluding hydrogens is 262 g/mol. The first kappa shape index (κ1) is 14.1. The zero-order valence-corrected chi connectivity index (χ0v) is 11.0. The normalized spacial score (nSPS) is 18.0. The number of likely N-dealkylation sites (tertiary alicyclic amines) is 1. The highest BCUT2D eigenvalue weighted by atomic mass is 16.3. The zero-order valence-electron chi connectivity index (χ0n) is 11.0. The fourth-order valence-corrected chi connectivity index (χ4v) is 2.28. The van der Waals surface area contributed by atoms with Gasteiger partial charge in [0, 0.05) is 19.5 Å². The van der Waals surface area contributed by atoms with Crippen molar-refractivity contribution in [1.29, 1.82) is 0 Å². The first-order chi connectivity index (χ1) is 9.59. The van der Waals surface area contributed by atoms with Crippen LogP contribution in [0, 0.1) is 0 Å². The number of furan rings is 1. The Kier molecular flexibility index (Phi) is 4.39. The van der Waals surface area contributed by atoms with Gasteiger partial charge in [-0.25, -0.2) is 0 Å². The molecule has 1 aliphatic heterocycles. The van der Waals surface area contributed by atoms with Crippen LogP contribution in [0.25, 0.3) is 0 Å². The molecule has 2 rings (SSSR count). The van der Waals surface area contributed by atoms with E-state index in [1.54, 1.807) is 12.1 Å². The number of hydrogen-bond acceptors (Lipinski definition) is 4. The fraction of sp³-hybridized carbons (Fsp3) is 0.462. The van der Waals surface area contributed by atoms with Crippen molar-refractivity contribution >= 4 is 17.7 Å². The number of nitrogens with two attached hydrogens (primary N) is 1. The second-order valence-corrected chi connectivity index (χ2v) is 4.63. The van der Waals surface area contributed by atoms with Crippen LogP contribution in [-0.2, 0) is 9.59 Å². The molecule has 2 heterocycles. The Bertz CT molecular complexity index is 498. The minimum Gasteiger partial charge on any atom is -0.459 e. The van der Waals surface area contributed by atoms with E-state index in [2.05, 4.69) is 5.32 Å². The first-order valence-electron chi connectivity index (χ1n) is 6.50. The molecular formula is C13H17N3O4. The smallest absolute Gasteiger partial charge is 0.286 e. The Morgan fingerprint density at radius 1 is 1.45 bits per heavy atom. The van der Waals surface area contributed by atoms with E-state index < -0.39 is 11.9 Å². The molecule has 1 unspecified atom stereocenters. The third-order valence-electron chi connectivity index (χ3n) is 3.27. The number of rotatable bonds is 5. The molecule has 1 aromatic heterocycles. The van der Waals surface area contributed by atoms with Crippen molar-refractivity contribution in [3.63, 3.8) is 0 Å². The summed E-state index contributed by atoms with van der Waals surface area (Å²) in [5.74, 6) is -0.814. The van der Waals surface area contributed by atoms with Crippen molar-refractivity contribution in [3.05, 3.63) is 24.2 Å². The van der Waals surface area contributed by atoms with Gasteiger partial charge in [0.25, 0.3) is 5.91 Å². The molecule has 1 atom stereocenters. The van der Waals surface area contributed by atoms with Crippen LogP contribution in [0.3, 0.4) is 0 Å². The van der Waals surface area contributed by atoms with Gasteiger partial charge in [-0.15, -0.1) is 0 Å². The molecule has 0 bridgehead atoms. The van der Waals surface area contributed by atoms with Crippen LogP contribution in [0.15, 0.2) is 22.8 Å². The second kappa shape index (κ2) is 6.23. The lowest BCUT2D eigenvalue weighted by Crippen LogP contribution is -2.44. The van der Waals surface area contributed by atoms with Crippen molar-refractivity contribution in [2.24, 2.45) is 5.73 Å². The van der Waals surface area contributed by atoms with E-state index >= 15 is 0 Å². The Morgan fingerprint density at radius 3 is 2.90 bits per heavy atom. The summed E-state index contributed by atoms with van der Waals surface area (Å²) < 4.78 is 4.93. The summed E-state index contributed by atoms with van der Waals surface area (Å²) in [7, 11) is 0. The van der Waals surface area contributed by atoms with E-state index in [1.807, 2.05) is 0 Å². The molecule has 3 amide bonds. The van der Waals surface area contributed by atoms with Crippen LogP contribution < -0.4 is 11.1 Å². The summed E-state index contributed by atoms with van der Waals surface area (Å²) in [6.45, 7) is 0.735. The molecule has 3 N–H and O–H groups in total. The summed E-state index contributed by atoms with van der Waals surface area (Å²) in [5, 5.41) is 2.59. The Morgan fingerprint density at radius 2 is 2.25 bits per heavy atom. The largest absolute Gasteiger partial charge is 0.459 e. The molecule has 1 aliphatic rings. The summed E-state index contributed by atoms with van der Waals surface area (Å²) in [6.07, 6.45) is 2.93. The number of nitrogens with one attached hydrogen (secondary N) is 1. The number of primary amides is 1. The van der Waals surface area contributed by atoms with Crippen molar-refractivity contribution in [3.8, 4) is 0 Å². The highest BCUT2D eigenvalue weighted by Gasteiger charge is 2.32. The van der Waals surface area contributed by atoms with Crippen molar-refractivity contribution < 1.29 is 18.8 Å². The number of carbonyl (C=O) groups excluding carboxylic acids is 3. The van der Waals surface area contributed by atoms with Gasteiger partial charge in [-0.3, -0.25) is 14.4 Å². The predicted octanol–water partition coefficient (Wildman–Crippen LogP) is -0.124. The molecule has 0 aliphatic carbocycles. The summed E-state index contributed by atoms with van der Waals surface area (Å²) in [4.78, 5) is 36.2. The number of nitrogens with zero attached hydrogens (tertiary/aromatic N) is 1. The van der Waals surface area contributed by atoms with E-state index in [-0.39, 0.29) is 30.5 Å². The van der Waals surface area contributed by atoms with E-state index in [0.717, 1.165) is 6.42 Å². The molecule has 0 saturated carbocycles. The summed E-state index contributed by atoms with van der Waals surface area (Å²) >= 11 is 0. The van der Waals surface area contributed by atoms with Crippen LogP contribution in [0.2, 0.25) is 0 Å². The first-order valence-corrected chi connectivity index (χ1v) is 6.50. The van der Waals surface area contributed by atoms with Crippen LogP contribution in [0.4, 0.5) is 0 Å². The molecule has 0 radical (unpaired) electrons. The average Bonchev–Trinajstić information content (AvgIpc) is 3.09. The maximum Gasteiger partial charge on any atom is 0.286 e. The highest BCUT2D eigenvalue weighted by Crippen LogP contribution is 2.17. The molecule has 0 aromatic carbocycles. The van der Waals surface area contributed by atoms with Crippen molar-refractivity contribution in [1.82, 2.24) is 10.2 Å². The number of amides is 3. The fourth-order valence-electron chi connectivity index (χ4n) is 2.28. The van der Waals surface area contributed by atoms with Crippen LogP contribution in [0.1, 0.15) is 29.8 Å². The van der Waals surface area contributed by atoms with Gasteiger partial charge in [-0.1, -0.05) is 0 Å². The van der Waals surface area contributed by atoms with Gasteiger partial charge in [0.1, 0.15) is 6.04 Å². The summed E-state index contributed by atoms with van der Waals surface area (Å²) in [6, 6.07) is 2.64. The Hall–Kier alpha value is -2.31. The molecule has 0 spiro atoms. The van der Waals surface area contributed by atoms with E-state index in [0.29, 0.717) is 13.0 Å². The van der Waals surface area contributed by atoms with Crippen molar-refractivity contribution in [2.45, 2.75) is 25.3 Å². The maximum atomic E-state index is 12.0. The second-order valence-electron chi connectivity index (χ2n) is 4.63. The lowest BCUT2D eigenvalue weighted by Gasteiger charge is -2.22. The zero-order chi connectivity index (χ0) is 14.5. The third-order valence-corrected chi connectivity index (χ3v) is 3.27. The highest BCUT2D eigenvalue weighted by molar-refractivity contribution is 5.92. The van der Waals surface area contributed by atoms with Gasteiger partial charge in [-0.05, 0) is 25.0 Å². The maximum absolute atomic E-state index is 12.0. The van der Waals surface area contributed by atoms with Gasteiger partial charge >= 0.3 is 0 Å². The lowest BCUT2D eigenvalue weighted by molar-refractivity contribution is -0.137. The predicted molar refractivity (Wildman–Crippen MR) is 69.6 cm³/mol. The minimum absolute atomic E-state index is 0.135. The van der Waals surface area contributed by atoms with E-state index in [1.165, 1.54) is 11.2 Å². The lowest BCUT2D eigenvalue weighted by atomic mass is 10.2. The summed E-state index contributed by atoms with van der Waals surface area (Å²) in [5.41, 5.74) is 5.25. The van der Waals surface area contributed by atoms with Gasteiger partial charge in [0.2, 0.25) is 11.8 Å². The minimum atomic E-state index is -0.511. The van der Waals surface area contributed by atoms with Gasteiger partial charge < -0.3 is 20.4 Å². The molecule has 1 saturated heterocycles. The Balaban J connectivity index is 1.78. The molecule has 108 valence electrons. The molecule has 7 nitrogen and oxygen atoms in total. The van der Waals surface area contributed by atoms with Crippen LogP contribution in [0.5, 0.6) is 0 Å². The van der Waals surface area contributed by atoms with E-state index in [4.69, 9.17) is 10.2 Å². The average molecular weight is 279 g/mol. The van der Waals surface area contributed by atoms with Gasteiger partial charge in [-0.2, -0.15) is 0 Å².